The van der Waals surface area contributed by atoms with Crippen LogP contribution in [0.1, 0.15) is 5.69 Å². The van der Waals surface area contributed by atoms with Gasteiger partial charge < -0.3 is 17.6 Å². The van der Waals surface area contributed by atoms with Crippen molar-refractivity contribution in [1.82, 2.24) is 4.48 Å². The first-order valence-corrected chi connectivity index (χ1v) is 6.34. The molecule has 9 heteroatoms. The quantitative estimate of drug-likeness (QED) is 0.632. The van der Waals surface area contributed by atoms with Gasteiger partial charge in [-0.15, -0.1) is 0 Å². The second-order valence-electron chi connectivity index (χ2n) is 3.89. The number of fused-ring (bicyclic) bond motifs is 2. The standard InChI is InChI=1S/C9H3BCl4F2N2/c11-4-1-6-8(13)7-2-5(12)9(14)18(7)10(15,16)17(6)3-4/h1-3H. The highest BCUT2D eigenvalue weighted by atomic mass is 35.5. The molecule has 0 atom stereocenters. The molecule has 0 amide bonds. The predicted molar refractivity (Wildman–Crippen MR) is 70.9 cm³/mol. The third kappa shape index (κ3) is 1.45. The molecule has 3 rings (SSSR count). The lowest BCUT2D eigenvalue weighted by Gasteiger charge is -2.29. The van der Waals surface area contributed by atoms with Gasteiger partial charge >= 0.3 is 6.97 Å². The Hall–Kier alpha value is -0.485. The Morgan fingerprint density at radius 3 is 2.50 bits per heavy atom. The van der Waals surface area contributed by atoms with Crippen LogP contribution in [-0.4, -0.2) is 22.1 Å². The highest BCUT2D eigenvalue weighted by Gasteiger charge is 2.53. The minimum Gasteiger partial charge on any atom is -0.389 e. The van der Waals surface area contributed by atoms with E-state index >= 15 is 0 Å². The Morgan fingerprint density at radius 2 is 1.83 bits per heavy atom. The second-order valence-corrected chi connectivity index (χ2v) is 5.47. The van der Waals surface area contributed by atoms with E-state index in [1.807, 2.05) is 0 Å². The molecule has 0 radical (unpaired) electrons. The van der Waals surface area contributed by atoms with E-state index in [0.29, 0.717) is 4.48 Å². The van der Waals surface area contributed by atoms with E-state index in [9.17, 15) is 8.63 Å². The molecule has 0 spiro atoms. The third-order valence-electron chi connectivity index (χ3n) is 2.84. The average Bonchev–Trinajstić information content (AvgIpc) is 2.80. The van der Waals surface area contributed by atoms with Gasteiger partial charge in [0.1, 0.15) is 16.3 Å². The zero-order chi connectivity index (χ0) is 13.2. The molecule has 2 aliphatic rings. The number of halogens is 6. The van der Waals surface area contributed by atoms with Crippen LogP contribution in [0.25, 0.3) is 5.03 Å². The Balaban J connectivity index is 2.40. The van der Waals surface area contributed by atoms with Crippen molar-refractivity contribution in [3.05, 3.63) is 38.7 Å². The molecule has 1 aromatic rings. The van der Waals surface area contributed by atoms with E-state index in [0.717, 1.165) is 10.7 Å². The van der Waals surface area contributed by atoms with Crippen LogP contribution in [0.2, 0.25) is 10.2 Å². The predicted octanol–water partition coefficient (Wildman–Crippen LogP) is 4.16. The van der Waals surface area contributed by atoms with E-state index in [4.69, 9.17) is 46.4 Å². The zero-order valence-corrected chi connectivity index (χ0v) is 11.5. The van der Waals surface area contributed by atoms with Crippen molar-refractivity contribution in [1.29, 1.82) is 0 Å². The van der Waals surface area contributed by atoms with Gasteiger partial charge in [-0.25, -0.2) is 0 Å². The average molecular weight is 330 g/mol. The van der Waals surface area contributed by atoms with Crippen LogP contribution in [0.4, 0.5) is 8.63 Å². The molecule has 0 aliphatic carbocycles. The summed E-state index contributed by atoms with van der Waals surface area (Å²) in [6, 6.07) is 1.31. The van der Waals surface area contributed by atoms with Crippen LogP contribution in [0.15, 0.2) is 22.9 Å². The molecular formula is C9H3BCl4F2N2. The fourth-order valence-electron chi connectivity index (χ4n) is 2.08. The largest absolute Gasteiger partial charge is 0.738 e. The fraction of sp³-hybridized carbons (Fsp3) is 0. The van der Waals surface area contributed by atoms with Crippen LogP contribution in [-0.2, 0) is 0 Å². The number of nitrogens with zero attached hydrogens (tertiary/aromatic N) is 2. The van der Waals surface area contributed by atoms with E-state index < -0.39 is 6.97 Å². The summed E-state index contributed by atoms with van der Waals surface area (Å²) < 4.78 is 30.1. The highest BCUT2D eigenvalue weighted by molar-refractivity contribution is 6.63. The molecule has 2 aliphatic heterocycles. The summed E-state index contributed by atoms with van der Waals surface area (Å²) in [7, 11) is 0. The first-order chi connectivity index (χ1) is 8.34. The summed E-state index contributed by atoms with van der Waals surface area (Å²) in [5.74, 6) is 0. The third-order valence-corrected chi connectivity index (χ3v) is 4.21. The van der Waals surface area contributed by atoms with Gasteiger partial charge in [0, 0.05) is 11.8 Å². The van der Waals surface area contributed by atoms with Crippen molar-refractivity contribution in [3.8, 4) is 0 Å². The topological polar surface area (TPSA) is 7.94 Å². The van der Waals surface area contributed by atoms with Crippen molar-refractivity contribution in [2.24, 2.45) is 0 Å². The molecule has 0 aromatic carbocycles. The minimum absolute atomic E-state index is 0.0308. The van der Waals surface area contributed by atoms with Gasteiger partial charge in [0.15, 0.2) is 5.70 Å². The van der Waals surface area contributed by atoms with Crippen LogP contribution >= 0.6 is 46.4 Å². The van der Waals surface area contributed by atoms with Gasteiger partial charge in [0.2, 0.25) is 0 Å². The normalized spacial score (nSPS) is 20.6. The molecule has 18 heavy (non-hydrogen) atoms. The van der Waals surface area contributed by atoms with Gasteiger partial charge in [0.25, 0.3) is 0 Å². The molecule has 2 nitrogen and oxygen atoms in total. The van der Waals surface area contributed by atoms with E-state index in [1.165, 1.54) is 12.1 Å². The number of rotatable bonds is 0. The Labute approximate surface area is 121 Å². The monoisotopic (exact) mass is 328 g/mol. The molecule has 0 bridgehead atoms. The number of hydrogen-bond donors (Lipinski definition) is 0. The van der Waals surface area contributed by atoms with Crippen LogP contribution in [0, 0.1) is 0 Å². The minimum atomic E-state index is -4.15. The lowest BCUT2D eigenvalue weighted by atomic mass is 9.92. The van der Waals surface area contributed by atoms with E-state index in [1.54, 1.807) is 0 Å². The van der Waals surface area contributed by atoms with Gasteiger partial charge in [-0.2, -0.15) is 0 Å². The molecule has 3 heterocycles. The van der Waals surface area contributed by atoms with Crippen LogP contribution in [0.3, 0.4) is 0 Å². The van der Waals surface area contributed by atoms with E-state index in [-0.39, 0.29) is 31.6 Å². The Morgan fingerprint density at radius 1 is 1.17 bits per heavy atom. The van der Waals surface area contributed by atoms with Crippen molar-refractivity contribution >= 4 is 64.6 Å². The summed E-state index contributed by atoms with van der Waals surface area (Å²) in [5.41, 5.74) is 0.226. The van der Waals surface area contributed by atoms with Crippen LogP contribution in [0.5, 0.6) is 0 Å². The van der Waals surface area contributed by atoms with Crippen molar-refractivity contribution in [3.63, 3.8) is 0 Å². The molecule has 0 saturated heterocycles. The molecule has 94 valence electrons. The smallest absolute Gasteiger partial charge is 0.389 e. The summed E-state index contributed by atoms with van der Waals surface area (Å²) in [6.07, 6.45) is 2.49. The molecular weight excluding hydrogens is 327 g/mol. The first-order valence-electron chi connectivity index (χ1n) is 4.83. The Bertz CT molecular complexity index is 674. The zero-order valence-electron chi connectivity index (χ0n) is 8.47. The maximum absolute atomic E-state index is 14.4. The summed E-state index contributed by atoms with van der Waals surface area (Å²) in [6.45, 7) is -4.15. The summed E-state index contributed by atoms with van der Waals surface area (Å²) >= 11 is 23.4. The van der Waals surface area contributed by atoms with Crippen LogP contribution < -0.4 is 0 Å². The SMILES string of the molecule is F[B-]1(F)n2c(cc(Cl)c2Cl)C(Cl)=C2C=C(Cl)C=[N+]21. The second kappa shape index (κ2) is 3.76. The first kappa shape index (κ1) is 12.5. The van der Waals surface area contributed by atoms with Gasteiger partial charge in [-0.3, -0.25) is 0 Å². The Kier molecular flexibility index (Phi) is 2.62. The van der Waals surface area contributed by atoms with E-state index in [2.05, 4.69) is 0 Å². The summed E-state index contributed by atoms with van der Waals surface area (Å²) in [4.78, 5) is 0. The van der Waals surface area contributed by atoms with Crippen molar-refractivity contribution in [2.75, 3.05) is 0 Å². The van der Waals surface area contributed by atoms with Crippen molar-refractivity contribution in [2.45, 2.75) is 0 Å². The molecule has 0 unspecified atom stereocenters. The lowest BCUT2D eigenvalue weighted by Crippen LogP contribution is -2.49. The lowest BCUT2D eigenvalue weighted by molar-refractivity contribution is -0.356. The molecule has 0 saturated carbocycles. The number of hydrogen-bond acceptors (Lipinski definition) is 0. The highest BCUT2D eigenvalue weighted by Crippen LogP contribution is 2.43. The number of aromatic nitrogens is 1. The van der Waals surface area contributed by atoms with Crippen molar-refractivity contribution < 1.29 is 13.1 Å². The molecule has 0 N–H and O–H groups in total. The maximum atomic E-state index is 14.4. The maximum Gasteiger partial charge on any atom is 0.738 e. The fourth-order valence-corrected chi connectivity index (χ4v) is 3.04. The van der Waals surface area contributed by atoms with Gasteiger partial charge in [-0.05, 0) is 6.07 Å². The van der Waals surface area contributed by atoms with Gasteiger partial charge in [0.05, 0.1) is 10.2 Å². The van der Waals surface area contributed by atoms with Gasteiger partial charge in [-0.1, -0.05) is 46.4 Å². The molecule has 1 aromatic heterocycles. The number of allylic oxidation sites excluding steroid dienone is 2. The molecule has 0 fully saturated rings. The summed E-state index contributed by atoms with van der Waals surface area (Å²) in [5, 5.41) is 0.0923.